The molecule has 0 spiro atoms. The molecule has 1 rings (SSSR count). The molecule has 1 aromatic rings. The monoisotopic (exact) mass is 158 g/mol. The zero-order valence-corrected chi connectivity index (χ0v) is 7.27. The molecule has 0 N–H and O–H groups in total. The second-order valence-electron chi connectivity index (χ2n) is 2.19. The number of rotatable bonds is 0. The van der Waals surface area contributed by atoms with Crippen LogP contribution < -0.4 is 0 Å². The van der Waals surface area contributed by atoms with Crippen molar-refractivity contribution in [1.82, 2.24) is 0 Å². The van der Waals surface area contributed by atoms with Crippen molar-refractivity contribution < 1.29 is 4.42 Å². The number of furan rings is 1. The van der Waals surface area contributed by atoms with Crippen molar-refractivity contribution in [3.8, 4) is 23.7 Å². The van der Waals surface area contributed by atoms with Gasteiger partial charge in [0.1, 0.15) is 0 Å². The van der Waals surface area contributed by atoms with Gasteiger partial charge in [-0.1, -0.05) is 18.8 Å². The Morgan fingerprint density at radius 1 is 1.25 bits per heavy atom. The van der Waals surface area contributed by atoms with Crippen molar-refractivity contribution in [3.63, 3.8) is 0 Å². The fourth-order valence-corrected chi connectivity index (χ4v) is 0.771. The van der Waals surface area contributed by atoms with Gasteiger partial charge in [0.15, 0.2) is 11.5 Å². The van der Waals surface area contributed by atoms with Crippen LogP contribution in [0.2, 0.25) is 0 Å². The molecule has 0 aromatic carbocycles. The molecular weight excluding hydrogens is 148 g/mol. The third kappa shape index (κ3) is 2.22. The van der Waals surface area contributed by atoms with Gasteiger partial charge in [-0.15, -0.1) is 0 Å². The van der Waals surface area contributed by atoms with Gasteiger partial charge in [0, 0.05) is 6.42 Å². The molecule has 0 bridgehead atoms. The lowest BCUT2D eigenvalue weighted by Gasteiger charge is -1.78. The molecule has 0 aliphatic heterocycles. The van der Waals surface area contributed by atoms with E-state index in [4.69, 9.17) is 4.42 Å². The van der Waals surface area contributed by atoms with Crippen LogP contribution in [0.25, 0.3) is 0 Å². The van der Waals surface area contributed by atoms with E-state index in [1.54, 1.807) is 6.92 Å². The molecule has 0 amide bonds. The van der Waals surface area contributed by atoms with E-state index in [0.29, 0.717) is 11.5 Å². The summed E-state index contributed by atoms with van der Waals surface area (Å²) in [5.41, 5.74) is 0. The second-order valence-corrected chi connectivity index (χ2v) is 2.19. The first-order chi connectivity index (χ1) is 5.86. The van der Waals surface area contributed by atoms with Crippen molar-refractivity contribution in [3.05, 3.63) is 23.7 Å². The van der Waals surface area contributed by atoms with E-state index in [1.165, 1.54) is 0 Å². The lowest BCUT2D eigenvalue weighted by Crippen LogP contribution is -1.64. The molecule has 0 aliphatic rings. The first-order valence-electron chi connectivity index (χ1n) is 3.88. The molecule has 1 nitrogen and oxygen atoms in total. The van der Waals surface area contributed by atoms with Gasteiger partial charge in [0.2, 0.25) is 0 Å². The second kappa shape index (κ2) is 4.31. The van der Waals surface area contributed by atoms with Crippen molar-refractivity contribution >= 4 is 0 Å². The van der Waals surface area contributed by atoms with Crippen LogP contribution in [0.3, 0.4) is 0 Å². The fraction of sp³-hybridized carbons (Fsp3) is 0.273. The first kappa shape index (κ1) is 8.50. The molecule has 1 heteroatoms. The lowest BCUT2D eigenvalue weighted by atomic mass is 10.4. The number of hydrogen-bond acceptors (Lipinski definition) is 1. The zero-order chi connectivity index (χ0) is 8.81. The molecule has 0 fully saturated rings. The van der Waals surface area contributed by atoms with Gasteiger partial charge < -0.3 is 4.42 Å². The third-order valence-corrected chi connectivity index (χ3v) is 1.24. The Labute approximate surface area is 72.8 Å². The van der Waals surface area contributed by atoms with Crippen molar-refractivity contribution in [2.45, 2.75) is 20.3 Å². The average Bonchev–Trinajstić information content (AvgIpc) is 2.50. The van der Waals surface area contributed by atoms with E-state index in [2.05, 4.69) is 23.7 Å². The van der Waals surface area contributed by atoms with Crippen LogP contribution in [0.5, 0.6) is 0 Å². The minimum Gasteiger partial charge on any atom is -0.439 e. The van der Waals surface area contributed by atoms with Crippen LogP contribution in [0, 0.1) is 23.7 Å². The highest BCUT2D eigenvalue weighted by Crippen LogP contribution is 2.04. The molecule has 0 atom stereocenters. The summed E-state index contributed by atoms with van der Waals surface area (Å²) in [6.07, 6.45) is 0.843. The molecule has 0 radical (unpaired) electrons. The fourth-order valence-electron chi connectivity index (χ4n) is 0.771. The van der Waals surface area contributed by atoms with Crippen molar-refractivity contribution in [2.24, 2.45) is 0 Å². The highest BCUT2D eigenvalue weighted by Gasteiger charge is 1.93. The van der Waals surface area contributed by atoms with E-state index in [1.807, 2.05) is 19.1 Å². The van der Waals surface area contributed by atoms with Gasteiger partial charge >= 0.3 is 0 Å². The molecule has 0 aliphatic carbocycles. The van der Waals surface area contributed by atoms with Gasteiger partial charge in [-0.3, -0.25) is 0 Å². The van der Waals surface area contributed by atoms with E-state index >= 15 is 0 Å². The molecule has 60 valence electrons. The van der Waals surface area contributed by atoms with Crippen LogP contribution in [-0.2, 0) is 0 Å². The van der Waals surface area contributed by atoms with Crippen LogP contribution in [0.4, 0.5) is 0 Å². The number of hydrogen-bond donors (Lipinski definition) is 0. The highest BCUT2D eigenvalue weighted by atomic mass is 16.3. The predicted octanol–water partition coefficient (Wildman–Crippen LogP) is 2.41. The van der Waals surface area contributed by atoms with Crippen molar-refractivity contribution in [2.75, 3.05) is 0 Å². The van der Waals surface area contributed by atoms with Gasteiger partial charge in [0.05, 0.1) is 0 Å². The first-order valence-corrected chi connectivity index (χ1v) is 3.88. The summed E-state index contributed by atoms with van der Waals surface area (Å²) in [6, 6.07) is 3.67. The Morgan fingerprint density at radius 2 is 1.92 bits per heavy atom. The Morgan fingerprint density at radius 3 is 2.50 bits per heavy atom. The minimum atomic E-state index is 0.679. The average molecular weight is 158 g/mol. The van der Waals surface area contributed by atoms with Crippen LogP contribution in [-0.4, -0.2) is 0 Å². The zero-order valence-electron chi connectivity index (χ0n) is 7.27. The smallest absolute Gasteiger partial charge is 0.178 e. The molecule has 0 saturated heterocycles. The molecule has 1 heterocycles. The van der Waals surface area contributed by atoms with E-state index in [-0.39, 0.29) is 0 Å². The van der Waals surface area contributed by atoms with Gasteiger partial charge in [-0.25, -0.2) is 0 Å². The molecule has 0 saturated carbocycles. The Hall–Kier alpha value is -1.60. The largest absolute Gasteiger partial charge is 0.439 e. The maximum absolute atomic E-state index is 5.28. The summed E-state index contributed by atoms with van der Waals surface area (Å²) in [5, 5.41) is 0. The highest BCUT2D eigenvalue weighted by molar-refractivity contribution is 5.32. The minimum absolute atomic E-state index is 0.679. The quantitative estimate of drug-likeness (QED) is 0.528. The standard InChI is InChI=1S/C11H10O/c1-3-5-7-11-9-8-10(12-11)6-4-2/h8-9H,3H2,1-2H3. The summed E-state index contributed by atoms with van der Waals surface area (Å²) in [7, 11) is 0. The van der Waals surface area contributed by atoms with Crippen molar-refractivity contribution in [1.29, 1.82) is 0 Å². The summed E-state index contributed by atoms with van der Waals surface area (Å²) in [5.74, 6) is 12.8. The third-order valence-electron chi connectivity index (χ3n) is 1.24. The molecule has 1 aromatic heterocycles. The predicted molar refractivity (Wildman–Crippen MR) is 48.4 cm³/mol. The summed E-state index contributed by atoms with van der Waals surface area (Å²) >= 11 is 0. The lowest BCUT2D eigenvalue weighted by molar-refractivity contribution is 0.542. The Kier molecular flexibility index (Phi) is 3.05. The Balaban J connectivity index is 2.82. The summed E-state index contributed by atoms with van der Waals surface area (Å²) in [4.78, 5) is 0. The van der Waals surface area contributed by atoms with E-state index in [9.17, 15) is 0 Å². The summed E-state index contributed by atoms with van der Waals surface area (Å²) in [6.45, 7) is 3.78. The maximum Gasteiger partial charge on any atom is 0.178 e. The molecular formula is C11H10O. The van der Waals surface area contributed by atoms with E-state index in [0.717, 1.165) is 6.42 Å². The van der Waals surface area contributed by atoms with Crippen LogP contribution in [0.1, 0.15) is 31.8 Å². The van der Waals surface area contributed by atoms with Gasteiger partial charge in [-0.05, 0) is 30.9 Å². The Bertz CT molecular complexity index is 363. The summed E-state index contributed by atoms with van der Waals surface area (Å²) < 4.78 is 5.28. The SMILES string of the molecule is CC#Cc1ccc(C#CCC)o1. The van der Waals surface area contributed by atoms with E-state index < -0.39 is 0 Å². The van der Waals surface area contributed by atoms with Crippen LogP contribution >= 0.6 is 0 Å². The topological polar surface area (TPSA) is 13.1 Å². The normalized spacial score (nSPS) is 7.83. The molecule has 12 heavy (non-hydrogen) atoms. The van der Waals surface area contributed by atoms with Gasteiger partial charge in [-0.2, -0.15) is 0 Å². The van der Waals surface area contributed by atoms with Crippen LogP contribution in [0.15, 0.2) is 16.5 Å². The molecule has 0 unspecified atom stereocenters. The van der Waals surface area contributed by atoms with Gasteiger partial charge in [0.25, 0.3) is 0 Å². The maximum atomic E-state index is 5.28.